The Kier molecular flexibility index (Phi) is 4.34. The van der Waals surface area contributed by atoms with Gasteiger partial charge in [0, 0.05) is 24.0 Å². The summed E-state index contributed by atoms with van der Waals surface area (Å²) in [7, 11) is 0. The molecule has 2 heterocycles. The van der Waals surface area contributed by atoms with Gasteiger partial charge in [0.2, 0.25) is 0 Å². The summed E-state index contributed by atoms with van der Waals surface area (Å²) < 4.78 is 2.11. The highest BCUT2D eigenvalue weighted by molar-refractivity contribution is 9.08. The van der Waals surface area contributed by atoms with Gasteiger partial charge in [0.1, 0.15) is 5.82 Å². The van der Waals surface area contributed by atoms with Crippen LogP contribution >= 0.6 is 15.9 Å². The van der Waals surface area contributed by atoms with Gasteiger partial charge in [0.15, 0.2) is 0 Å². The lowest BCUT2D eigenvalue weighted by molar-refractivity contribution is 0.434. The van der Waals surface area contributed by atoms with Gasteiger partial charge in [0.25, 0.3) is 0 Å². The van der Waals surface area contributed by atoms with Crippen LogP contribution in [0, 0.1) is 12.8 Å². The first-order chi connectivity index (χ1) is 10.2. The third-order valence-corrected chi connectivity index (χ3v) is 4.94. The van der Waals surface area contributed by atoms with Crippen LogP contribution in [0.2, 0.25) is 0 Å². The molecule has 1 aliphatic heterocycles. The number of hydrogen-bond acceptors (Lipinski definition) is 2. The van der Waals surface area contributed by atoms with Gasteiger partial charge >= 0.3 is 0 Å². The molecule has 4 heteroatoms. The van der Waals surface area contributed by atoms with E-state index in [9.17, 15) is 0 Å². The van der Waals surface area contributed by atoms with Crippen LogP contribution in [0.3, 0.4) is 0 Å². The fourth-order valence-electron chi connectivity index (χ4n) is 3.00. The van der Waals surface area contributed by atoms with Gasteiger partial charge < -0.3 is 4.90 Å². The Labute approximate surface area is 135 Å². The lowest BCUT2D eigenvalue weighted by atomic mass is 9.99. The van der Waals surface area contributed by atoms with E-state index < -0.39 is 0 Å². The van der Waals surface area contributed by atoms with E-state index in [0.29, 0.717) is 0 Å². The fourth-order valence-corrected chi connectivity index (χ4v) is 3.65. The molecule has 0 aliphatic carbocycles. The molecule has 0 atom stereocenters. The molecule has 0 unspecified atom stereocenters. The van der Waals surface area contributed by atoms with E-state index in [4.69, 9.17) is 5.10 Å². The minimum absolute atomic E-state index is 0.836. The Bertz CT molecular complexity index is 598. The van der Waals surface area contributed by atoms with Crippen molar-refractivity contribution in [1.82, 2.24) is 9.78 Å². The van der Waals surface area contributed by atoms with E-state index in [1.807, 2.05) is 6.07 Å². The Balaban J connectivity index is 2.05. The van der Waals surface area contributed by atoms with Crippen molar-refractivity contribution in [3.63, 3.8) is 0 Å². The average Bonchev–Trinajstić information content (AvgIpc) is 2.85. The monoisotopic (exact) mass is 347 g/mol. The highest BCUT2D eigenvalue weighted by Gasteiger charge is 2.24. The number of benzene rings is 1. The summed E-state index contributed by atoms with van der Waals surface area (Å²) in [6, 6.07) is 10.4. The molecule has 1 aliphatic rings. The highest BCUT2D eigenvalue weighted by atomic mass is 79.9. The molecular formula is C17H22BrN3. The number of alkyl halides is 1. The lowest BCUT2D eigenvalue weighted by Crippen LogP contribution is -2.34. The molecule has 112 valence electrons. The van der Waals surface area contributed by atoms with Crippen molar-refractivity contribution in [2.24, 2.45) is 5.92 Å². The lowest BCUT2D eigenvalue weighted by Gasteiger charge is -2.33. The van der Waals surface area contributed by atoms with Crippen LogP contribution in [0.5, 0.6) is 0 Å². The number of halogens is 1. The van der Waals surface area contributed by atoms with Crippen molar-refractivity contribution in [1.29, 1.82) is 0 Å². The third kappa shape index (κ3) is 2.86. The minimum Gasteiger partial charge on any atom is -0.356 e. The van der Waals surface area contributed by atoms with Gasteiger partial charge in [0.05, 0.1) is 11.4 Å². The molecule has 21 heavy (non-hydrogen) atoms. The van der Waals surface area contributed by atoms with Gasteiger partial charge in [-0.05, 0) is 37.8 Å². The number of piperidine rings is 1. The summed E-state index contributed by atoms with van der Waals surface area (Å²) in [6.45, 7) is 6.70. The zero-order chi connectivity index (χ0) is 14.8. The van der Waals surface area contributed by atoms with Crippen molar-refractivity contribution in [2.75, 3.05) is 18.0 Å². The molecule has 1 fully saturated rings. The number of hydrogen-bond donors (Lipinski definition) is 0. The SMILES string of the molecule is Cc1nn(-c2ccccc2)c(N2CCC(C)CC2)c1CBr. The molecule has 1 saturated heterocycles. The Hall–Kier alpha value is -1.29. The Morgan fingerprint density at radius 2 is 1.86 bits per heavy atom. The fraction of sp³-hybridized carbons (Fsp3) is 0.471. The van der Waals surface area contributed by atoms with Crippen molar-refractivity contribution in [3.05, 3.63) is 41.6 Å². The molecule has 0 saturated carbocycles. The van der Waals surface area contributed by atoms with Crippen LogP contribution in [-0.2, 0) is 5.33 Å². The van der Waals surface area contributed by atoms with Crippen LogP contribution in [0.25, 0.3) is 5.69 Å². The second-order valence-electron chi connectivity index (χ2n) is 5.94. The van der Waals surface area contributed by atoms with Crippen LogP contribution in [0.15, 0.2) is 30.3 Å². The smallest absolute Gasteiger partial charge is 0.136 e. The van der Waals surface area contributed by atoms with Crippen molar-refractivity contribution in [2.45, 2.75) is 32.0 Å². The van der Waals surface area contributed by atoms with Gasteiger partial charge in [-0.1, -0.05) is 41.1 Å². The zero-order valence-corrected chi connectivity index (χ0v) is 14.3. The molecule has 1 aromatic carbocycles. The molecule has 1 aromatic heterocycles. The molecular weight excluding hydrogens is 326 g/mol. The molecule has 0 bridgehead atoms. The number of para-hydroxylation sites is 1. The predicted octanol–water partition coefficient (Wildman–Crippen LogP) is 4.31. The summed E-state index contributed by atoms with van der Waals surface area (Å²) in [5.74, 6) is 2.10. The largest absolute Gasteiger partial charge is 0.356 e. The number of anilines is 1. The third-order valence-electron chi connectivity index (χ3n) is 4.37. The molecule has 0 radical (unpaired) electrons. The average molecular weight is 348 g/mol. The minimum atomic E-state index is 0.836. The summed E-state index contributed by atoms with van der Waals surface area (Å²) >= 11 is 3.64. The summed E-state index contributed by atoms with van der Waals surface area (Å²) in [5, 5.41) is 5.65. The maximum Gasteiger partial charge on any atom is 0.136 e. The number of aryl methyl sites for hydroxylation is 1. The van der Waals surface area contributed by atoms with Gasteiger partial charge in [-0.15, -0.1) is 0 Å². The summed E-state index contributed by atoms with van der Waals surface area (Å²) in [4.78, 5) is 2.50. The van der Waals surface area contributed by atoms with E-state index in [0.717, 1.165) is 35.7 Å². The Morgan fingerprint density at radius 1 is 1.19 bits per heavy atom. The van der Waals surface area contributed by atoms with Crippen molar-refractivity contribution < 1.29 is 0 Å². The van der Waals surface area contributed by atoms with E-state index in [1.165, 1.54) is 24.2 Å². The molecule has 0 N–H and O–H groups in total. The first-order valence-electron chi connectivity index (χ1n) is 7.65. The van der Waals surface area contributed by atoms with Crippen LogP contribution in [0.4, 0.5) is 5.82 Å². The quantitative estimate of drug-likeness (QED) is 0.771. The molecule has 3 rings (SSSR count). The molecule has 2 aromatic rings. The van der Waals surface area contributed by atoms with Crippen LogP contribution in [0.1, 0.15) is 31.0 Å². The van der Waals surface area contributed by atoms with Crippen LogP contribution in [-0.4, -0.2) is 22.9 Å². The van der Waals surface area contributed by atoms with Crippen molar-refractivity contribution in [3.8, 4) is 5.69 Å². The van der Waals surface area contributed by atoms with E-state index in [-0.39, 0.29) is 0 Å². The summed E-state index contributed by atoms with van der Waals surface area (Å²) in [5.41, 5.74) is 3.57. The molecule has 0 amide bonds. The van der Waals surface area contributed by atoms with E-state index in [2.05, 4.69) is 63.6 Å². The zero-order valence-electron chi connectivity index (χ0n) is 12.7. The van der Waals surface area contributed by atoms with Gasteiger partial charge in [-0.25, -0.2) is 4.68 Å². The summed E-state index contributed by atoms with van der Waals surface area (Å²) in [6.07, 6.45) is 2.53. The van der Waals surface area contributed by atoms with Crippen LogP contribution < -0.4 is 4.90 Å². The Morgan fingerprint density at radius 3 is 2.48 bits per heavy atom. The number of nitrogens with zero attached hydrogens (tertiary/aromatic N) is 3. The highest BCUT2D eigenvalue weighted by Crippen LogP contribution is 2.32. The topological polar surface area (TPSA) is 21.1 Å². The predicted molar refractivity (Wildman–Crippen MR) is 91.5 cm³/mol. The number of aromatic nitrogens is 2. The second-order valence-corrected chi connectivity index (χ2v) is 6.50. The normalized spacial score (nSPS) is 16.4. The van der Waals surface area contributed by atoms with E-state index in [1.54, 1.807) is 0 Å². The first-order valence-corrected chi connectivity index (χ1v) is 8.77. The van der Waals surface area contributed by atoms with Gasteiger partial charge in [-0.3, -0.25) is 0 Å². The maximum atomic E-state index is 4.79. The number of rotatable bonds is 3. The standard InChI is InChI=1S/C17H22BrN3/c1-13-8-10-20(11-9-13)17-16(12-18)14(2)19-21(17)15-6-4-3-5-7-15/h3-7,13H,8-12H2,1-2H3. The first kappa shape index (κ1) is 14.6. The molecule has 3 nitrogen and oxygen atoms in total. The second kappa shape index (κ2) is 6.22. The maximum absolute atomic E-state index is 4.79. The van der Waals surface area contributed by atoms with Gasteiger partial charge in [-0.2, -0.15) is 5.10 Å². The molecule has 0 spiro atoms. The van der Waals surface area contributed by atoms with Crippen molar-refractivity contribution >= 4 is 21.7 Å². The van der Waals surface area contributed by atoms with E-state index >= 15 is 0 Å².